The molecule has 0 spiro atoms. The van der Waals surface area contributed by atoms with Gasteiger partial charge in [-0.15, -0.1) is 0 Å². The number of furan rings is 1. The topological polar surface area (TPSA) is 38.9 Å². The van der Waals surface area contributed by atoms with Crippen molar-refractivity contribution >= 4 is 21.9 Å². The summed E-state index contributed by atoms with van der Waals surface area (Å²) in [4.78, 5) is 10.2. The van der Waals surface area contributed by atoms with E-state index >= 15 is 0 Å². The summed E-state index contributed by atoms with van der Waals surface area (Å²) in [6.07, 6.45) is 0. The van der Waals surface area contributed by atoms with E-state index < -0.39 is 0 Å². The third-order valence-corrected chi connectivity index (χ3v) is 9.11. The van der Waals surface area contributed by atoms with Crippen LogP contribution in [0.25, 0.3) is 89.2 Å². The lowest BCUT2D eigenvalue weighted by Gasteiger charge is -2.17. The first-order valence-electron chi connectivity index (χ1n) is 16.5. The standard InChI is InChI=1S/C46H30N2O/c1-4-14-31(15-5-1)41-30-42(32-16-6-2-7-17-32)48-46(47-41)36-21-12-20-34(28-36)37-23-13-24-38(45(37)33-18-8-3-9-19-33)35-26-27-44-40(29-35)39-22-10-11-25-43(39)49-44/h1-30H. The molecule has 0 N–H and O–H groups in total. The fourth-order valence-corrected chi connectivity index (χ4v) is 6.76. The maximum Gasteiger partial charge on any atom is 0.160 e. The Bertz CT molecular complexity index is 2530. The first kappa shape index (κ1) is 28.6. The van der Waals surface area contributed by atoms with Gasteiger partial charge in [-0.3, -0.25) is 0 Å². The highest BCUT2D eigenvalue weighted by Gasteiger charge is 2.17. The highest BCUT2D eigenvalue weighted by atomic mass is 16.3. The summed E-state index contributed by atoms with van der Waals surface area (Å²) >= 11 is 0. The molecule has 3 heteroatoms. The lowest BCUT2D eigenvalue weighted by Crippen LogP contribution is -1.96. The second-order valence-electron chi connectivity index (χ2n) is 12.2. The SMILES string of the molecule is c1ccc(-c2cc(-c3ccccc3)nc(-c3cccc(-c4cccc(-c5ccc6oc7ccccc7c6c5)c4-c4ccccc4)c3)n2)cc1. The van der Waals surface area contributed by atoms with Crippen molar-refractivity contribution in [3.05, 3.63) is 182 Å². The van der Waals surface area contributed by atoms with Crippen molar-refractivity contribution in [1.29, 1.82) is 0 Å². The second kappa shape index (κ2) is 12.2. The van der Waals surface area contributed by atoms with E-state index in [4.69, 9.17) is 14.4 Å². The smallest absolute Gasteiger partial charge is 0.160 e. The average molecular weight is 627 g/mol. The Morgan fingerprint density at radius 3 is 1.51 bits per heavy atom. The minimum Gasteiger partial charge on any atom is -0.456 e. The lowest BCUT2D eigenvalue weighted by molar-refractivity contribution is 0.669. The number of benzene rings is 7. The molecule has 0 aliphatic rings. The molecule has 7 aromatic carbocycles. The van der Waals surface area contributed by atoms with Crippen molar-refractivity contribution in [2.75, 3.05) is 0 Å². The van der Waals surface area contributed by atoms with Crippen LogP contribution in [0, 0.1) is 0 Å². The van der Waals surface area contributed by atoms with Gasteiger partial charge in [-0.1, -0.05) is 152 Å². The molecule has 9 aromatic rings. The summed E-state index contributed by atoms with van der Waals surface area (Å²) in [5.74, 6) is 0.691. The average Bonchev–Trinajstić information content (AvgIpc) is 3.56. The molecular weight excluding hydrogens is 597 g/mol. The summed E-state index contributed by atoms with van der Waals surface area (Å²) in [5.41, 5.74) is 13.5. The molecule has 0 saturated carbocycles. The largest absolute Gasteiger partial charge is 0.456 e. The predicted octanol–water partition coefficient (Wildman–Crippen LogP) is 12.4. The zero-order chi connectivity index (χ0) is 32.6. The second-order valence-corrected chi connectivity index (χ2v) is 12.2. The fraction of sp³-hybridized carbons (Fsp3) is 0. The van der Waals surface area contributed by atoms with Crippen LogP contribution in [0.4, 0.5) is 0 Å². The number of para-hydroxylation sites is 1. The van der Waals surface area contributed by atoms with Crippen LogP contribution in [-0.4, -0.2) is 9.97 Å². The van der Waals surface area contributed by atoms with Crippen molar-refractivity contribution in [2.45, 2.75) is 0 Å². The normalized spacial score (nSPS) is 11.3. The summed E-state index contributed by atoms with van der Waals surface area (Å²) in [6, 6.07) is 63.3. The van der Waals surface area contributed by atoms with Gasteiger partial charge in [-0.05, 0) is 63.7 Å². The minimum atomic E-state index is 0.691. The van der Waals surface area contributed by atoms with Crippen molar-refractivity contribution in [3.63, 3.8) is 0 Å². The van der Waals surface area contributed by atoms with Crippen molar-refractivity contribution < 1.29 is 4.42 Å². The van der Waals surface area contributed by atoms with Crippen LogP contribution in [0.1, 0.15) is 0 Å². The van der Waals surface area contributed by atoms with E-state index in [0.717, 1.165) is 77.8 Å². The number of hydrogen-bond acceptors (Lipinski definition) is 3. The Morgan fingerprint density at radius 1 is 0.327 bits per heavy atom. The third kappa shape index (κ3) is 5.38. The van der Waals surface area contributed by atoms with Crippen LogP contribution >= 0.6 is 0 Å². The molecule has 2 heterocycles. The molecule has 49 heavy (non-hydrogen) atoms. The molecular formula is C46H30N2O. The van der Waals surface area contributed by atoms with Gasteiger partial charge in [-0.2, -0.15) is 0 Å². The monoisotopic (exact) mass is 626 g/mol. The summed E-state index contributed by atoms with van der Waals surface area (Å²) in [5, 5.41) is 2.24. The molecule has 230 valence electrons. The van der Waals surface area contributed by atoms with Gasteiger partial charge in [0, 0.05) is 27.5 Å². The van der Waals surface area contributed by atoms with Crippen molar-refractivity contribution in [2.24, 2.45) is 0 Å². The molecule has 0 amide bonds. The lowest BCUT2D eigenvalue weighted by atomic mass is 9.87. The highest BCUT2D eigenvalue weighted by molar-refractivity contribution is 6.07. The molecule has 9 rings (SSSR count). The number of aromatic nitrogens is 2. The fourth-order valence-electron chi connectivity index (χ4n) is 6.76. The highest BCUT2D eigenvalue weighted by Crippen LogP contribution is 2.42. The molecule has 0 bridgehead atoms. The van der Waals surface area contributed by atoms with Gasteiger partial charge in [-0.25, -0.2) is 9.97 Å². The number of fused-ring (bicyclic) bond motifs is 3. The van der Waals surface area contributed by atoms with Gasteiger partial charge in [0.25, 0.3) is 0 Å². The van der Waals surface area contributed by atoms with Crippen LogP contribution in [-0.2, 0) is 0 Å². The quantitative estimate of drug-likeness (QED) is 0.184. The maximum absolute atomic E-state index is 6.17. The van der Waals surface area contributed by atoms with Crippen molar-refractivity contribution in [1.82, 2.24) is 9.97 Å². The van der Waals surface area contributed by atoms with E-state index in [-0.39, 0.29) is 0 Å². The number of nitrogens with zero attached hydrogens (tertiary/aromatic N) is 2. The van der Waals surface area contributed by atoms with Crippen molar-refractivity contribution in [3.8, 4) is 67.3 Å². The molecule has 2 aromatic heterocycles. The summed E-state index contributed by atoms with van der Waals surface area (Å²) in [6.45, 7) is 0. The molecule has 0 unspecified atom stereocenters. The van der Waals surface area contributed by atoms with Gasteiger partial charge >= 0.3 is 0 Å². The molecule has 0 aliphatic carbocycles. The Kier molecular flexibility index (Phi) is 7.14. The first-order chi connectivity index (χ1) is 24.3. The van der Waals surface area contributed by atoms with Crippen LogP contribution in [0.15, 0.2) is 186 Å². The maximum atomic E-state index is 6.17. The van der Waals surface area contributed by atoms with Gasteiger partial charge in [0.2, 0.25) is 0 Å². The molecule has 3 nitrogen and oxygen atoms in total. The molecule has 0 fully saturated rings. The van der Waals surface area contributed by atoms with Gasteiger partial charge in [0.1, 0.15) is 11.2 Å². The van der Waals surface area contributed by atoms with E-state index in [1.165, 1.54) is 5.56 Å². The van der Waals surface area contributed by atoms with E-state index in [9.17, 15) is 0 Å². The molecule has 0 saturated heterocycles. The van der Waals surface area contributed by atoms with Gasteiger partial charge in [0.05, 0.1) is 11.4 Å². The van der Waals surface area contributed by atoms with Crippen LogP contribution in [0.3, 0.4) is 0 Å². The molecule has 0 radical (unpaired) electrons. The third-order valence-electron chi connectivity index (χ3n) is 9.11. The minimum absolute atomic E-state index is 0.691. The summed E-state index contributed by atoms with van der Waals surface area (Å²) in [7, 11) is 0. The van der Waals surface area contributed by atoms with Gasteiger partial charge < -0.3 is 4.42 Å². The summed E-state index contributed by atoms with van der Waals surface area (Å²) < 4.78 is 6.17. The van der Waals surface area contributed by atoms with E-state index in [0.29, 0.717) is 5.82 Å². The Hall–Kier alpha value is -6.58. The predicted molar refractivity (Wildman–Crippen MR) is 202 cm³/mol. The Balaban J connectivity index is 1.22. The van der Waals surface area contributed by atoms with Crippen LogP contribution < -0.4 is 0 Å². The van der Waals surface area contributed by atoms with Gasteiger partial charge in [0.15, 0.2) is 5.82 Å². The Labute approximate surface area is 284 Å². The zero-order valence-corrected chi connectivity index (χ0v) is 26.6. The van der Waals surface area contributed by atoms with E-state index in [2.05, 4.69) is 133 Å². The van der Waals surface area contributed by atoms with Crippen LogP contribution in [0.2, 0.25) is 0 Å². The molecule has 0 aliphatic heterocycles. The number of hydrogen-bond donors (Lipinski definition) is 0. The van der Waals surface area contributed by atoms with E-state index in [1.807, 2.05) is 48.5 Å². The van der Waals surface area contributed by atoms with Crippen LogP contribution in [0.5, 0.6) is 0 Å². The Morgan fingerprint density at radius 2 is 0.837 bits per heavy atom. The van der Waals surface area contributed by atoms with E-state index in [1.54, 1.807) is 0 Å². The number of rotatable bonds is 6. The zero-order valence-electron chi connectivity index (χ0n) is 26.6. The molecule has 0 atom stereocenters. The first-order valence-corrected chi connectivity index (χ1v) is 16.5.